The number of halogens is 1. The number of carbonyl (C=O) groups excluding carboxylic acids is 1. The van der Waals surface area contributed by atoms with E-state index >= 15 is 0 Å². The molecule has 128 valence electrons. The van der Waals surface area contributed by atoms with Crippen LogP contribution in [0.1, 0.15) is 36.4 Å². The van der Waals surface area contributed by atoms with E-state index in [9.17, 15) is 9.18 Å². The molecule has 2 aromatic rings. The molecular formula is C18H23FN4O. The van der Waals surface area contributed by atoms with Crippen LogP contribution in [0.3, 0.4) is 0 Å². The number of hydrogen-bond donors (Lipinski definition) is 1. The number of aromatic nitrogens is 2. The Balaban J connectivity index is 1.67. The first-order chi connectivity index (χ1) is 11.5. The first-order valence-corrected chi connectivity index (χ1v) is 8.27. The van der Waals surface area contributed by atoms with Crippen LogP contribution in [-0.4, -0.2) is 27.8 Å². The van der Waals surface area contributed by atoms with Crippen molar-refractivity contribution in [2.75, 3.05) is 7.05 Å². The quantitative estimate of drug-likeness (QED) is 0.915. The summed E-state index contributed by atoms with van der Waals surface area (Å²) in [5, 5.41) is 7.24. The van der Waals surface area contributed by atoms with Crippen molar-refractivity contribution in [1.82, 2.24) is 20.0 Å². The van der Waals surface area contributed by atoms with Gasteiger partial charge in [-0.05, 0) is 36.5 Å². The van der Waals surface area contributed by atoms with Gasteiger partial charge in [-0.2, -0.15) is 5.10 Å². The van der Waals surface area contributed by atoms with Crippen LogP contribution in [0.5, 0.6) is 0 Å². The summed E-state index contributed by atoms with van der Waals surface area (Å²) in [5.41, 5.74) is 1.95. The summed E-state index contributed by atoms with van der Waals surface area (Å²) in [6.07, 6.45) is 7.02. The third-order valence-electron chi connectivity index (χ3n) is 4.65. The van der Waals surface area contributed by atoms with Crippen LogP contribution in [0.25, 0.3) is 0 Å². The number of amides is 2. The third-order valence-corrected chi connectivity index (χ3v) is 4.65. The lowest BCUT2D eigenvalue weighted by atomic mass is 9.77. The summed E-state index contributed by atoms with van der Waals surface area (Å²) in [6, 6.07) is 6.24. The summed E-state index contributed by atoms with van der Waals surface area (Å²) in [6.45, 7) is 0.500. The molecule has 0 saturated heterocycles. The maximum absolute atomic E-state index is 13.2. The number of rotatable bonds is 5. The topological polar surface area (TPSA) is 50.2 Å². The van der Waals surface area contributed by atoms with Crippen LogP contribution < -0.4 is 5.32 Å². The van der Waals surface area contributed by atoms with Crippen LogP contribution in [0.2, 0.25) is 0 Å². The summed E-state index contributed by atoms with van der Waals surface area (Å²) >= 11 is 0. The minimum atomic E-state index is -0.258. The molecule has 1 aliphatic carbocycles. The van der Waals surface area contributed by atoms with Gasteiger partial charge < -0.3 is 10.2 Å². The molecular weight excluding hydrogens is 307 g/mol. The summed E-state index contributed by atoms with van der Waals surface area (Å²) in [5.74, 6) is 0.164. The van der Waals surface area contributed by atoms with E-state index in [4.69, 9.17) is 0 Å². The van der Waals surface area contributed by atoms with Crippen molar-refractivity contribution in [3.8, 4) is 0 Å². The number of urea groups is 1. The highest BCUT2D eigenvalue weighted by Crippen LogP contribution is 2.37. The molecule has 0 bridgehead atoms. The van der Waals surface area contributed by atoms with E-state index in [2.05, 4.69) is 10.4 Å². The van der Waals surface area contributed by atoms with Crippen LogP contribution >= 0.6 is 0 Å². The molecule has 0 radical (unpaired) electrons. The van der Waals surface area contributed by atoms with Gasteiger partial charge >= 0.3 is 6.03 Å². The second-order valence-electron chi connectivity index (χ2n) is 6.55. The van der Waals surface area contributed by atoms with Crippen molar-refractivity contribution < 1.29 is 9.18 Å². The van der Waals surface area contributed by atoms with E-state index in [1.807, 2.05) is 13.2 Å². The lowest BCUT2D eigenvalue weighted by Gasteiger charge is -2.35. The van der Waals surface area contributed by atoms with Crippen molar-refractivity contribution in [3.63, 3.8) is 0 Å². The minimum absolute atomic E-state index is 0.0665. The largest absolute Gasteiger partial charge is 0.331 e. The molecule has 1 aromatic heterocycles. The van der Waals surface area contributed by atoms with E-state index in [-0.39, 0.29) is 17.9 Å². The highest BCUT2D eigenvalue weighted by Gasteiger charge is 2.30. The Bertz CT molecular complexity index is 693. The highest BCUT2D eigenvalue weighted by molar-refractivity contribution is 5.74. The lowest BCUT2D eigenvalue weighted by Crippen LogP contribution is -2.42. The molecule has 5 nitrogen and oxygen atoms in total. The van der Waals surface area contributed by atoms with Crippen LogP contribution in [-0.2, 0) is 13.6 Å². The number of nitrogens with zero attached hydrogens (tertiary/aromatic N) is 3. The smallest absolute Gasteiger partial charge is 0.317 e. The Labute approximate surface area is 141 Å². The SMILES string of the molecule is CN(Cc1cnn(C)c1)C(=O)NC(c1ccc(F)cc1)C1CCC1. The number of nitrogens with one attached hydrogen (secondary N) is 1. The highest BCUT2D eigenvalue weighted by atomic mass is 19.1. The predicted octanol–water partition coefficient (Wildman–Crippen LogP) is 3.24. The van der Waals surface area contributed by atoms with Crippen LogP contribution in [0, 0.1) is 11.7 Å². The third kappa shape index (κ3) is 3.75. The second-order valence-corrected chi connectivity index (χ2v) is 6.55. The van der Waals surface area contributed by atoms with E-state index in [1.165, 1.54) is 18.6 Å². The van der Waals surface area contributed by atoms with Crippen LogP contribution in [0.15, 0.2) is 36.7 Å². The summed E-state index contributed by atoms with van der Waals surface area (Å²) in [7, 11) is 3.62. The zero-order valence-corrected chi connectivity index (χ0v) is 14.1. The maximum atomic E-state index is 13.2. The van der Waals surface area contributed by atoms with E-state index in [1.54, 1.807) is 35.0 Å². The standard InChI is InChI=1S/C18H23FN4O/c1-22(11-13-10-20-23(2)12-13)18(24)21-17(14-4-3-5-14)15-6-8-16(19)9-7-15/h6-10,12,14,17H,3-5,11H2,1-2H3,(H,21,24). The van der Waals surface area contributed by atoms with Gasteiger partial charge in [0.25, 0.3) is 0 Å². The molecule has 3 rings (SSSR count). The molecule has 1 N–H and O–H groups in total. The van der Waals surface area contributed by atoms with Gasteiger partial charge in [-0.25, -0.2) is 9.18 Å². The molecule has 24 heavy (non-hydrogen) atoms. The number of carbonyl (C=O) groups is 1. The van der Waals surface area contributed by atoms with Gasteiger partial charge in [-0.1, -0.05) is 18.6 Å². The van der Waals surface area contributed by atoms with Gasteiger partial charge in [0.15, 0.2) is 0 Å². The number of aryl methyl sites for hydroxylation is 1. The van der Waals surface area contributed by atoms with Gasteiger partial charge in [0.05, 0.1) is 18.8 Å². The zero-order chi connectivity index (χ0) is 17.1. The monoisotopic (exact) mass is 330 g/mol. The minimum Gasteiger partial charge on any atom is -0.331 e. The van der Waals surface area contributed by atoms with Crippen molar-refractivity contribution >= 4 is 6.03 Å². The van der Waals surface area contributed by atoms with Gasteiger partial charge in [0.1, 0.15) is 5.82 Å². The van der Waals surface area contributed by atoms with Crippen molar-refractivity contribution in [2.24, 2.45) is 13.0 Å². The van der Waals surface area contributed by atoms with E-state index in [0.29, 0.717) is 12.5 Å². The molecule has 2 amide bonds. The summed E-state index contributed by atoms with van der Waals surface area (Å²) in [4.78, 5) is 14.2. The maximum Gasteiger partial charge on any atom is 0.317 e. The van der Waals surface area contributed by atoms with E-state index < -0.39 is 0 Å². The summed E-state index contributed by atoms with van der Waals surface area (Å²) < 4.78 is 14.9. The van der Waals surface area contributed by atoms with Gasteiger partial charge in [0.2, 0.25) is 0 Å². The first-order valence-electron chi connectivity index (χ1n) is 8.27. The molecule has 1 heterocycles. The van der Waals surface area contributed by atoms with Gasteiger partial charge in [-0.15, -0.1) is 0 Å². The fraction of sp³-hybridized carbons (Fsp3) is 0.444. The van der Waals surface area contributed by atoms with Crippen LogP contribution in [0.4, 0.5) is 9.18 Å². The Kier molecular flexibility index (Phi) is 4.83. The molecule has 1 aliphatic rings. The fourth-order valence-corrected chi connectivity index (χ4v) is 3.06. The Morgan fingerprint density at radius 2 is 2.12 bits per heavy atom. The fourth-order valence-electron chi connectivity index (χ4n) is 3.06. The van der Waals surface area contributed by atoms with Crippen molar-refractivity contribution in [3.05, 3.63) is 53.6 Å². The molecule has 6 heteroatoms. The molecule has 1 aromatic carbocycles. The average Bonchev–Trinajstić information content (AvgIpc) is 2.90. The normalized spacial score (nSPS) is 15.6. The Morgan fingerprint density at radius 1 is 1.42 bits per heavy atom. The molecule has 0 aliphatic heterocycles. The molecule has 1 saturated carbocycles. The average molecular weight is 330 g/mol. The second kappa shape index (κ2) is 7.03. The van der Waals surface area contributed by atoms with E-state index in [0.717, 1.165) is 24.0 Å². The molecule has 1 fully saturated rings. The Hall–Kier alpha value is -2.37. The lowest BCUT2D eigenvalue weighted by molar-refractivity contribution is 0.182. The predicted molar refractivity (Wildman–Crippen MR) is 89.7 cm³/mol. The molecule has 1 atom stereocenters. The molecule has 0 spiro atoms. The zero-order valence-electron chi connectivity index (χ0n) is 14.1. The molecule has 1 unspecified atom stereocenters. The first kappa shape index (κ1) is 16.5. The Morgan fingerprint density at radius 3 is 2.67 bits per heavy atom. The van der Waals surface area contributed by atoms with Gasteiger partial charge in [-0.3, -0.25) is 4.68 Å². The van der Waals surface area contributed by atoms with Crippen molar-refractivity contribution in [2.45, 2.75) is 31.8 Å². The number of benzene rings is 1. The van der Waals surface area contributed by atoms with Crippen molar-refractivity contribution in [1.29, 1.82) is 0 Å². The number of hydrogen-bond acceptors (Lipinski definition) is 2. The van der Waals surface area contributed by atoms with Gasteiger partial charge in [0, 0.05) is 25.9 Å².